The van der Waals surface area contributed by atoms with Gasteiger partial charge in [-0.1, -0.05) is 46.8 Å². The Morgan fingerprint density at radius 3 is 2.21 bits per heavy atom. The molecule has 0 aromatic carbocycles. The molecule has 5 rings (SSSR count). The number of aliphatic hydroxyl groups excluding tert-OH is 1. The number of aliphatic hydroxyl groups is 1. The summed E-state index contributed by atoms with van der Waals surface area (Å²) in [5.74, 6) is 2.21. The minimum Gasteiger partial charge on any atom is -0.481 e. The number of carboxylic acid groups (broad SMARTS) is 1. The van der Waals surface area contributed by atoms with Crippen molar-refractivity contribution in [3.63, 3.8) is 0 Å². The summed E-state index contributed by atoms with van der Waals surface area (Å²) in [4.78, 5) is 12.5. The Morgan fingerprint density at radius 2 is 1.56 bits per heavy atom. The van der Waals surface area contributed by atoms with Crippen LogP contribution in [0.15, 0.2) is 12.2 Å². The first-order valence-corrected chi connectivity index (χ1v) is 14.4. The molecule has 0 saturated heterocycles. The van der Waals surface area contributed by atoms with Crippen LogP contribution in [0, 0.1) is 56.7 Å². The molecule has 192 valence electrons. The van der Waals surface area contributed by atoms with Crippen LogP contribution < -0.4 is 0 Å². The van der Waals surface area contributed by atoms with Crippen LogP contribution in [0.2, 0.25) is 0 Å². The molecule has 0 radical (unpaired) electrons. The van der Waals surface area contributed by atoms with Crippen molar-refractivity contribution < 1.29 is 15.0 Å². The molecular formula is C31H50O3. The molecule has 0 aromatic rings. The van der Waals surface area contributed by atoms with Crippen molar-refractivity contribution in [2.75, 3.05) is 0 Å². The van der Waals surface area contributed by atoms with Gasteiger partial charge in [0.05, 0.1) is 11.5 Å². The molecule has 5 saturated carbocycles. The lowest BCUT2D eigenvalue weighted by atomic mass is 9.41. The maximum absolute atomic E-state index is 12.5. The number of aliphatic carboxylic acids is 1. The van der Waals surface area contributed by atoms with E-state index in [4.69, 9.17) is 0 Å². The molecule has 2 unspecified atom stereocenters. The lowest BCUT2D eigenvalue weighted by molar-refractivity contribution is -0.189. The van der Waals surface area contributed by atoms with Crippen LogP contribution in [-0.4, -0.2) is 22.3 Å². The molecule has 5 aliphatic carbocycles. The van der Waals surface area contributed by atoms with E-state index in [0.717, 1.165) is 37.0 Å². The smallest absolute Gasteiger partial charge is 0.312 e. The average molecular weight is 471 g/mol. The van der Waals surface area contributed by atoms with E-state index in [9.17, 15) is 15.0 Å². The molecule has 2 N–H and O–H groups in total. The van der Waals surface area contributed by atoms with E-state index in [1.807, 2.05) is 6.92 Å². The Hall–Kier alpha value is -0.830. The van der Waals surface area contributed by atoms with Gasteiger partial charge in [0.25, 0.3) is 0 Å². The van der Waals surface area contributed by atoms with E-state index < -0.39 is 17.5 Å². The second-order valence-corrected chi connectivity index (χ2v) is 14.6. The Bertz CT molecular complexity index is 878. The topological polar surface area (TPSA) is 57.5 Å². The Balaban J connectivity index is 1.41. The summed E-state index contributed by atoms with van der Waals surface area (Å²) in [5, 5.41) is 21.1. The molecule has 10 atom stereocenters. The van der Waals surface area contributed by atoms with E-state index >= 15 is 0 Å². The van der Waals surface area contributed by atoms with Gasteiger partial charge >= 0.3 is 5.97 Å². The van der Waals surface area contributed by atoms with Gasteiger partial charge in [0.15, 0.2) is 0 Å². The predicted octanol–water partition coefficient (Wildman–Crippen LogP) is 7.48. The Kier molecular flexibility index (Phi) is 5.55. The van der Waals surface area contributed by atoms with Crippen molar-refractivity contribution in [3.8, 4) is 0 Å². The van der Waals surface area contributed by atoms with E-state index in [1.54, 1.807) is 0 Å². The SMILES string of the molecule is C=C(CC[C@@H](C)[C@H]1CC[C@@]2(C)[C@@H]3CCC4[C@@]5(CC[C@H](O)[C@]4(C)C(=O)O)CC35CC[C@]12C)C(C)C. The van der Waals surface area contributed by atoms with Crippen molar-refractivity contribution in [2.24, 2.45) is 56.7 Å². The molecular weight excluding hydrogens is 420 g/mol. The number of rotatable bonds is 6. The third-order valence-corrected chi connectivity index (χ3v) is 13.7. The first-order valence-electron chi connectivity index (χ1n) is 14.4. The largest absolute Gasteiger partial charge is 0.481 e. The van der Waals surface area contributed by atoms with E-state index in [2.05, 4.69) is 41.2 Å². The molecule has 0 amide bonds. The first kappa shape index (κ1) is 24.8. The van der Waals surface area contributed by atoms with Gasteiger partial charge in [-0.25, -0.2) is 0 Å². The van der Waals surface area contributed by atoms with Crippen molar-refractivity contribution in [1.29, 1.82) is 0 Å². The van der Waals surface area contributed by atoms with Gasteiger partial charge in [0.2, 0.25) is 0 Å². The van der Waals surface area contributed by atoms with Crippen LogP contribution >= 0.6 is 0 Å². The fourth-order valence-electron chi connectivity index (χ4n) is 11.2. The highest BCUT2D eigenvalue weighted by Gasteiger charge is 2.83. The average Bonchev–Trinajstić information content (AvgIpc) is 3.36. The van der Waals surface area contributed by atoms with Gasteiger partial charge in [-0.05, 0) is 129 Å². The zero-order chi connectivity index (χ0) is 24.9. The fraction of sp³-hybridized carbons (Fsp3) is 0.903. The number of hydrogen-bond acceptors (Lipinski definition) is 2. The lowest BCUT2D eigenvalue weighted by Gasteiger charge is -2.63. The quantitative estimate of drug-likeness (QED) is 0.396. The van der Waals surface area contributed by atoms with Crippen LogP contribution in [0.1, 0.15) is 112 Å². The number of fused-ring (bicyclic) bond motifs is 2. The molecule has 2 spiro atoms. The zero-order valence-electron chi connectivity index (χ0n) is 22.8. The van der Waals surface area contributed by atoms with Gasteiger partial charge in [0, 0.05) is 0 Å². The van der Waals surface area contributed by atoms with E-state index in [1.165, 1.54) is 50.5 Å². The fourth-order valence-corrected chi connectivity index (χ4v) is 11.2. The van der Waals surface area contributed by atoms with Gasteiger partial charge in [-0.15, -0.1) is 0 Å². The standard InChI is InChI=1S/C31H50O3/c1-19(2)20(3)8-9-21(4)22-12-14-28(6)23-10-11-24-29(7,26(33)34)25(32)13-15-30(24)18-31(23,30)17-16-27(22,28)5/h19,21-25,32H,3,8-18H2,1-2,4-7H3,(H,33,34)/t21-,22-,23+,24?,25+,27-,28+,29-,30-,31?/m1/s1. The Labute approximate surface area is 208 Å². The normalized spacial score (nSPS) is 52.2. The number of carbonyl (C=O) groups is 1. The van der Waals surface area contributed by atoms with Crippen molar-refractivity contribution >= 4 is 5.97 Å². The summed E-state index contributed by atoms with van der Waals surface area (Å²) in [6.45, 7) is 18.5. The number of hydrogen-bond donors (Lipinski definition) is 2. The third-order valence-electron chi connectivity index (χ3n) is 13.7. The lowest BCUT2D eigenvalue weighted by Crippen LogP contribution is -2.59. The third kappa shape index (κ3) is 2.83. The summed E-state index contributed by atoms with van der Waals surface area (Å²) in [5.41, 5.74) is 1.70. The Morgan fingerprint density at radius 1 is 0.912 bits per heavy atom. The number of allylic oxidation sites excluding steroid dienone is 1. The van der Waals surface area contributed by atoms with Crippen molar-refractivity contribution in [2.45, 2.75) is 118 Å². The summed E-state index contributed by atoms with van der Waals surface area (Å²) >= 11 is 0. The highest BCUT2D eigenvalue weighted by molar-refractivity contribution is 5.76. The van der Waals surface area contributed by atoms with Crippen LogP contribution in [0.4, 0.5) is 0 Å². The van der Waals surface area contributed by atoms with Crippen molar-refractivity contribution in [1.82, 2.24) is 0 Å². The monoisotopic (exact) mass is 470 g/mol. The molecule has 3 nitrogen and oxygen atoms in total. The van der Waals surface area contributed by atoms with Crippen LogP contribution in [-0.2, 0) is 4.79 Å². The molecule has 0 bridgehead atoms. The minimum absolute atomic E-state index is 0.142. The zero-order valence-corrected chi connectivity index (χ0v) is 22.8. The van der Waals surface area contributed by atoms with Crippen LogP contribution in [0.3, 0.4) is 0 Å². The maximum atomic E-state index is 12.5. The molecule has 0 heterocycles. The van der Waals surface area contributed by atoms with Gasteiger partial charge in [-0.2, -0.15) is 0 Å². The molecule has 0 aliphatic heterocycles. The van der Waals surface area contributed by atoms with Crippen LogP contribution in [0.25, 0.3) is 0 Å². The second-order valence-electron chi connectivity index (χ2n) is 14.6. The highest BCUT2D eigenvalue weighted by Crippen LogP contribution is 2.89. The van der Waals surface area contributed by atoms with E-state index in [-0.39, 0.29) is 11.3 Å². The first-order chi connectivity index (χ1) is 15.8. The molecule has 5 fully saturated rings. The molecule has 3 heteroatoms. The summed E-state index contributed by atoms with van der Waals surface area (Å²) in [7, 11) is 0. The summed E-state index contributed by atoms with van der Waals surface area (Å²) in [6, 6.07) is 0. The predicted molar refractivity (Wildman–Crippen MR) is 137 cm³/mol. The van der Waals surface area contributed by atoms with Crippen LogP contribution in [0.5, 0.6) is 0 Å². The molecule has 34 heavy (non-hydrogen) atoms. The van der Waals surface area contributed by atoms with Gasteiger partial charge in [-0.3, -0.25) is 4.79 Å². The van der Waals surface area contributed by atoms with Crippen molar-refractivity contribution in [3.05, 3.63) is 12.2 Å². The van der Waals surface area contributed by atoms with E-state index in [0.29, 0.717) is 28.6 Å². The second kappa shape index (κ2) is 7.59. The molecule has 5 aliphatic rings. The number of carboxylic acids is 1. The summed E-state index contributed by atoms with van der Waals surface area (Å²) in [6.07, 6.45) is 12.1. The van der Waals surface area contributed by atoms with Gasteiger partial charge in [0.1, 0.15) is 0 Å². The van der Waals surface area contributed by atoms with Gasteiger partial charge < -0.3 is 10.2 Å². The maximum Gasteiger partial charge on any atom is 0.312 e. The summed E-state index contributed by atoms with van der Waals surface area (Å²) < 4.78 is 0. The molecule has 0 aromatic heterocycles. The minimum atomic E-state index is -0.972. The highest BCUT2D eigenvalue weighted by atomic mass is 16.4.